The molecule has 0 unspecified atom stereocenters. The number of carbonyl (C=O) groups excluding carboxylic acids is 1. The Morgan fingerprint density at radius 1 is 1.12 bits per heavy atom. The van der Waals surface area contributed by atoms with Gasteiger partial charge in [-0.2, -0.15) is 0 Å². The first-order valence-electron chi connectivity index (χ1n) is 9.07. The highest BCUT2D eigenvalue weighted by Gasteiger charge is 2.22. The van der Waals surface area contributed by atoms with Gasteiger partial charge in [-0.15, -0.1) is 0 Å². The maximum absolute atomic E-state index is 12.4. The largest absolute Gasteiger partial charge is 0.494 e. The Balaban J connectivity index is 1.47. The first kappa shape index (κ1) is 18.0. The van der Waals surface area contributed by atoms with Gasteiger partial charge >= 0.3 is 6.03 Å². The lowest BCUT2D eigenvalue weighted by Crippen LogP contribution is -2.50. The molecule has 0 aliphatic carbocycles. The summed E-state index contributed by atoms with van der Waals surface area (Å²) in [5, 5.41) is 2.94. The first-order valence-corrected chi connectivity index (χ1v) is 9.07. The zero-order valence-corrected chi connectivity index (χ0v) is 15.1. The number of ether oxygens (including phenoxy) is 1. The van der Waals surface area contributed by atoms with Crippen LogP contribution in [0.25, 0.3) is 0 Å². The quantitative estimate of drug-likeness (QED) is 0.807. The second kappa shape index (κ2) is 9.03. The van der Waals surface area contributed by atoms with Gasteiger partial charge in [-0.05, 0) is 36.8 Å². The second-order valence-corrected chi connectivity index (χ2v) is 6.18. The molecule has 0 atom stereocenters. The van der Waals surface area contributed by atoms with E-state index in [9.17, 15) is 4.79 Å². The summed E-state index contributed by atoms with van der Waals surface area (Å²) in [4.78, 5) is 24.9. The van der Waals surface area contributed by atoms with Crippen molar-refractivity contribution in [2.45, 2.75) is 19.8 Å². The number of unbranched alkanes of at least 4 members (excludes halogenated alkanes) is 1. The predicted octanol–water partition coefficient (Wildman–Crippen LogP) is 3.01. The summed E-state index contributed by atoms with van der Waals surface area (Å²) in [6.07, 6.45) is 5.62. The number of nitrogens with zero attached hydrogens (tertiary/aromatic N) is 4. The summed E-state index contributed by atoms with van der Waals surface area (Å²) >= 11 is 0. The van der Waals surface area contributed by atoms with Gasteiger partial charge in [0.1, 0.15) is 5.75 Å². The summed E-state index contributed by atoms with van der Waals surface area (Å²) < 4.78 is 5.64. The third kappa shape index (κ3) is 4.84. The van der Waals surface area contributed by atoms with Crippen molar-refractivity contribution in [3.63, 3.8) is 0 Å². The summed E-state index contributed by atoms with van der Waals surface area (Å²) in [7, 11) is 0. The minimum absolute atomic E-state index is 0.0849. The molecule has 1 saturated heterocycles. The maximum atomic E-state index is 12.4. The molecule has 0 bridgehead atoms. The Kier molecular flexibility index (Phi) is 6.24. The summed E-state index contributed by atoms with van der Waals surface area (Å²) in [5.41, 5.74) is 0.770. The van der Waals surface area contributed by atoms with Gasteiger partial charge in [0, 0.05) is 44.3 Å². The van der Waals surface area contributed by atoms with Crippen LogP contribution in [0.4, 0.5) is 16.4 Å². The molecule has 0 radical (unpaired) electrons. The van der Waals surface area contributed by atoms with E-state index in [1.54, 1.807) is 18.5 Å². The van der Waals surface area contributed by atoms with Gasteiger partial charge in [-0.1, -0.05) is 13.3 Å². The number of urea groups is 1. The van der Waals surface area contributed by atoms with Gasteiger partial charge in [-0.25, -0.2) is 14.8 Å². The van der Waals surface area contributed by atoms with Crippen molar-refractivity contribution in [2.24, 2.45) is 0 Å². The van der Waals surface area contributed by atoms with Crippen molar-refractivity contribution < 1.29 is 9.53 Å². The number of carbonyl (C=O) groups is 1. The average molecular weight is 355 g/mol. The van der Waals surface area contributed by atoms with Crippen molar-refractivity contribution >= 4 is 17.7 Å². The molecular weight excluding hydrogens is 330 g/mol. The Morgan fingerprint density at radius 3 is 2.46 bits per heavy atom. The standard InChI is InChI=1S/C19H25N5O2/c1-2-3-15-26-17-7-5-16(6-8-17)22-19(25)24-13-11-23(12-14-24)18-20-9-4-10-21-18/h4-10H,2-3,11-15H2,1H3,(H,22,25). The number of amides is 2. The first-order chi connectivity index (χ1) is 12.8. The minimum Gasteiger partial charge on any atom is -0.494 e. The van der Waals surface area contributed by atoms with Crippen LogP contribution in [0.15, 0.2) is 42.7 Å². The van der Waals surface area contributed by atoms with Crippen LogP contribution < -0.4 is 15.0 Å². The lowest BCUT2D eigenvalue weighted by atomic mass is 10.3. The molecule has 1 aliphatic heterocycles. The number of anilines is 2. The molecule has 2 amide bonds. The highest BCUT2D eigenvalue weighted by Crippen LogP contribution is 2.17. The Morgan fingerprint density at radius 2 is 1.81 bits per heavy atom. The minimum atomic E-state index is -0.0849. The molecule has 7 heteroatoms. The van der Waals surface area contributed by atoms with E-state index >= 15 is 0 Å². The van der Waals surface area contributed by atoms with E-state index in [-0.39, 0.29) is 6.03 Å². The SMILES string of the molecule is CCCCOc1ccc(NC(=O)N2CCN(c3ncccn3)CC2)cc1. The predicted molar refractivity (Wildman–Crippen MR) is 102 cm³/mol. The summed E-state index contributed by atoms with van der Waals surface area (Å²) in [6, 6.07) is 9.22. The zero-order valence-electron chi connectivity index (χ0n) is 15.1. The van der Waals surface area contributed by atoms with Gasteiger partial charge in [0.15, 0.2) is 0 Å². The normalized spacial score (nSPS) is 14.2. The Bertz CT molecular complexity index is 685. The zero-order chi connectivity index (χ0) is 18.2. The molecule has 1 N–H and O–H groups in total. The van der Waals surface area contributed by atoms with E-state index in [1.807, 2.05) is 29.2 Å². The van der Waals surface area contributed by atoms with E-state index in [4.69, 9.17) is 4.74 Å². The van der Waals surface area contributed by atoms with Crippen LogP contribution in [0, 0.1) is 0 Å². The third-order valence-corrected chi connectivity index (χ3v) is 4.27. The van der Waals surface area contributed by atoms with Crippen molar-refractivity contribution in [3.05, 3.63) is 42.7 Å². The highest BCUT2D eigenvalue weighted by atomic mass is 16.5. The van der Waals surface area contributed by atoms with E-state index < -0.39 is 0 Å². The monoisotopic (exact) mass is 355 g/mol. The second-order valence-electron chi connectivity index (χ2n) is 6.18. The number of benzene rings is 1. The molecule has 7 nitrogen and oxygen atoms in total. The van der Waals surface area contributed by atoms with E-state index in [0.29, 0.717) is 19.0 Å². The molecule has 0 saturated carbocycles. The van der Waals surface area contributed by atoms with Gasteiger partial charge in [-0.3, -0.25) is 0 Å². The van der Waals surface area contributed by atoms with Crippen molar-refractivity contribution in [1.29, 1.82) is 0 Å². The van der Waals surface area contributed by atoms with Gasteiger partial charge in [0.2, 0.25) is 5.95 Å². The fourth-order valence-electron chi connectivity index (χ4n) is 2.74. The fraction of sp³-hybridized carbons (Fsp3) is 0.421. The number of nitrogens with one attached hydrogen (secondary N) is 1. The topological polar surface area (TPSA) is 70.6 Å². The van der Waals surface area contributed by atoms with Crippen LogP contribution in [0.2, 0.25) is 0 Å². The number of hydrogen-bond acceptors (Lipinski definition) is 5. The summed E-state index contributed by atoms with van der Waals surface area (Å²) in [5.74, 6) is 1.54. The Labute approximate surface area is 154 Å². The van der Waals surface area contributed by atoms with Gasteiger partial charge < -0.3 is 19.9 Å². The van der Waals surface area contributed by atoms with Gasteiger partial charge in [0.05, 0.1) is 6.61 Å². The molecule has 3 rings (SSSR count). The molecule has 1 aromatic heterocycles. The van der Waals surface area contributed by atoms with Gasteiger partial charge in [0.25, 0.3) is 0 Å². The highest BCUT2D eigenvalue weighted by molar-refractivity contribution is 5.89. The molecule has 0 spiro atoms. The molecule has 2 aromatic rings. The number of piperazine rings is 1. The summed E-state index contributed by atoms with van der Waals surface area (Å²) in [6.45, 7) is 5.58. The van der Waals surface area contributed by atoms with E-state index in [1.165, 1.54) is 0 Å². The van der Waals surface area contributed by atoms with Crippen LogP contribution in [0.1, 0.15) is 19.8 Å². The Hall–Kier alpha value is -2.83. The van der Waals surface area contributed by atoms with Crippen LogP contribution in [-0.2, 0) is 0 Å². The molecule has 26 heavy (non-hydrogen) atoms. The van der Waals surface area contributed by atoms with Crippen LogP contribution in [0.3, 0.4) is 0 Å². The molecule has 1 aliphatic rings. The number of aromatic nitrogens is 2. The number of hydrogen-bond donors (Lipinski definition) is 1. The van der Waals surface area contributed by atoms with Crippen molar-refractivity contribution in [2.75, 3.05) is 43.0 Å². The molecular formula is C19H25N5O2. The average Bonchev–Trinajstić information content (AvgIpc) is 2.70. The smallest absolute Gasteiger partial charge is 0.321 e. The molecule has 1 fully saturated rings. The maximum Gasteiger partial charge on any atom is 0.321 e. The van der Waals surface area contributed by atoms with Crippen molar-refractivity contribution in [3.8, 4) is 5.75 Å². The number of rotatable bonds is 6. The molecule has 138 valence electrons. The van der Waals surface area contributed by atoms with Crippen molar-refractivity contribution in [1.82, 2.24) is 14.9 Å². The fourth-order valence-corrected chi connectivity index (χ4v) is 2.74. The lowest BCUT2D eigenvalue weighted by molar-refractivity contribution is 0.208. The van der Waals surface area contributed by atoms with E-state index in [0.717, 1.165) is 44.0 Å². The lowest BCUT2D eigenvalue weighted by Gasteiger charge is -2.34. The third-order valence-electron chi connectivity index (χ3n) is 4.27. The van der Waals surface area contributed by atoms with Crippen LogP contribution in [0.5, 0.6) is 5.75 Å². The van der Waals surface area contributed by atoms with Crippen LogP contribution >= 0.6 is 0 Å². The van der Waals surface area contributed by atoms with Crippen LogP contribution in [-0.4, -0.2) is 53.7 Å². The van der Waals surface area contributed by atoms with E-state index in [2.05, 4.69) is 27.1 Å². The molecule has 2 heterocycles. The molecule has 1 aromatic carbocycles.